The molecule has 516 valence electrons. The van der Waals surface area contributed by atoms with Gasteiger partial charge in [-0.25, -0.2) is 0 Å². The van der Waals surface area contributed by atoms with E-state index in [0.717, 1.165) is 21.1 Å². The number of likely N-dealkylation sites (N-methyl/N-ethyl adjacent to an activating group) is 7. The van der Waals surface area contributed by atoms with Crippen molar-refractivity contribution in [1.82, 2.24) is 55.6 Å². The van der Waals surface area contributed by atoms with Gasteiger partial charge in [0, 0.05) is 55.8 Å². The summed E-state index contributed by atoms with van der Waals surface area (Å²) in [7, 11) is 9.89. The molecular formula is C66H119N11O13. The average Bonchev–Trinajstić information content (AvgIpc) is 1.79. The molecule has 0 aromatic carbocycles. The van der Waals surface area contributed by atoms with Crippen LogP contribution in [0.5, 0.6) is 0 Å². The number of ether oxygens (including phenoxy) is 1. The summed E-state index contributed by atoms with van der Waals surface area (Å²) < 4.78 is 6.05. The van der Waals surface area contributed by atoms with Crippen LogP contribution < -0.4 is 21.3 Å². The van der Waals surface area contributed by atoms with Crippen LogP contribution in [0, 0.1) is 35.5 Å². The zero-order valence-electron chi connectivity index (χ0n) is 59.4. The van der Waals surface area contributed by atoms with Crippen LogP contribution in [0.2, 0.25) is 0 Å². The van der Waals surface area contributed by atoms with Crippen molar-refractivity contribution in [3.8, 4) is 0 Å². The number of carbonyl (C=O) groups excluding carboxylic acids is 11. The fraction of sp³-hybridized carbons (Fsp3) is 0.803. The Bertz CT molecular complexity index is 2430. The van der Waals surface area contributed by atoms with Crippen molar-refractivity contribution in [3.63, 3.8) is 0 Å². The molecule has 12 atom stereocenters. The molecule has 0 spiro atoms. The molecule has 24 heteroatoms. The van der Waals surface area contributed by atoms with E-state index in [0.29, 0.717) is 19.3 Å². The predicted molar refractivity (Wildman–Crippen MR) is 349 cm³/mol. The van der Waals surface area contributed by atoms with Gasteiger partial charge in [-0.1, -0.05) is 109 Å². The summed E-state index contributed by atoms with van der Waals surface area (Å²) in [5, 5.41) is 23.2. The van der Waals surface area contributed by atoms with Crippen LogP contribution >= 0.6 is 0 Å². The van der Waals surface area contributed by atoms with Crippen LogP contribution in [0.25, 0.3) is 0 Å². The van der Waals surface area contributed by atoms with Gasteiger partial charge in [0.2, 0.25) is 65.0 Å². The number of aliphatic hydroxyl groups is 1. The summed E-state index contributed by atoms with van der Waals surface area (Å²) in [6.45, 7) is 33.2. The number of aliphatic hydroxyl groups excluding tert-OH is 1. The fourth-order valence-electron chi connectivity index (χ4n) is 11.3. The first kappa shape index (κ1) is 81.8. The highest BCUT2D eigenvalue weighted by atomic mass is 16.5. The second-order valence-corrected chi connectivity index (χ2v) is 27.7. The largest absolute Gasteiger partial charge is 0.390 e. The Balaban J connectivity index is 4.41. The zero-order chi connectivity index (χ0) is 69.7. The van der Waals surface area contributed by atoms with Crippen molar-refractivity contribution in [3.05, 3.63) is 12.7 Å². The van der Waals surface area contributed by atoms with Crippen molar-refractivity contribution in [2.75, 3.05) is 62.5 Å². The molecule has 90 heavy (non-hydrogen) atoms. The maximum absolute atomic E-state index is 15.2. The SMILES string of the molecule is C=CCOC(C)(C)C[C@H]1C(=O)N[C@H](C(C)C)C(=O)N(C)[C@H](CCC(C)C)C(=O)N[C@H](C)C(=O)N[C@@H](C)C(=O)N(C)[C@@H](CC(C)C)C(=O)N(C)[C@H](CC(C)C)C(=O)N(C)[C@H](C(C)C)C(=O)N(C)C([C@H](O)[C@H](C)CCCC)C(=O)N[C@H](CC)C(=O)N(C)CC(=O)N1C. The summed E-state index contributed by atoms with van der Waals surface area (Å²) in [6, 6.07) is -12.6. The van der Waals surface area contributed by atoms with Gasteiger partial charge in [-0.05, 0) is 102 Å². The van der Waals surface area contributed by atoms with Gasteiger partial charge in [0.05, 0.1) is 24.9 Å². The fourth-order valence-corrected chi connectivity index (χ4v) is 11.3. The molecule has 11 amide bonds. The Morgan fingerprint density at radius 3 is 1.51 bits per heavy atom. The molecular weight excluding hydrogens is 1150 g/mol. The minimum Gasteiger partial charge on any atom is -0.390 e. The Morgan fingerprint density at radius 1 is 0.544 bits per heavy atom. The first-order valence-corrected chi connectivity index (χ1v) is 32.5. The Kier molecular flexibility index (Phi) is 34.0. The van der Waals surface area contributed by atoms with E-state index >= 15 is 14.4 Å². The maximum atomic E-state index is 15.2. The minimum absolute atomic E-state index is 0.00804. The van der Waals surface area contributed by atoms with E-state index in [1.807, 2.05) is 48.5 Å². The molecule has 1 aliphatic heterocycles. The maximum Gasteiger partial charge on any atom is 0.246 e. The summed E-state index contributed by atoms with van der Waals surface area (Å²) >= 11 is 0. The lowest BCUT2D eigenvalue weighted by molar-refractivity contribution is -0.157. The summed E-state index contributed by atoms with van der Waals surface area (Å²) in [5.74, 6) is -9.55. The third kappa shape index (κ3) is 23.5. The molecule has 24 nitrogen and oxygen atoms in total. The van der Waals surface area contributed by atoms with E-state index in [9.17, 15) is 43.5 Å². The van der Waals surface area contributed by atoms with Crippen LogP contribution in [0.15, 0.2) is 12.7 Å². The summed E-state index contributed by atoms with van der Waals surface area (Å²) in [6.07, 6.45) is 2.85. The molecule has 1 heterocycles. The monoisotopic (exact) mass is 1270 g/mol. The molecule has 0 saturated carbocycles. The highest BCUT2D eigenvalue weighted by molar-refractivity contribution is 5.99. The first-order chi connectivity index (χ1) is 41.6. The van der Waals surface area contributed by atoms with E-state index in [2.05, 4.69) is 27.8 Å². The van der Waals surface area contributed by atoms with E-state index in [1.165, 1.54) is 88.9 Å². The highest BCUT2D eigenvalue weighted by Crippen LogP contribution is 2.27. The molecule has 0 aromatic heterocycles. The van der Waals surface area contributed by atoms with E-state index in [-0.39, 0.29) is 56.5 Å². The van der Waals surface area contributed by atoms with Crippen LogP contribution in [0.3, 0.4) is 0 Å². The second kappa shape index (κ2) is 37.4. The summed E-state index contributed by atoms with van der Waals surface area (Å²) in [4.78, 5) is 170. The Hall–Kier alpha value is -6.17. The van der Waals surface area contributed by atoms with Crippen LogP contribution in [-0.4, -0.2) is 239 Å². The molecule has 5 N–H and O–H groups in total. The smallest absolute Gasteiger partial charge is 0.246 e. The number of carbonyl (C=O) groups is 11. The van der Waals surface area contributed by atoms with Gasteiger partial charge >= 0.3 is 0 Å². The molecule has 0 radical (unpaired) electrons. The number of rotatable bonds is 20. The third-order valence-corrected chi connectivity index (χ3v) is 17.3. The molecule has 0 bridgehead atoms. The molecule has 1 fully saturated rings. The number of amides is 11. The molecule has 1 saturated heterocycles. The molecule has 1 unspecified atom stereocenters. The van der Waals surface area contributed by atoms with Crippen molar-refractivity contribution in [2.45, 2.75) is 248 Å². The number of unbranched alkanes of at least 4 members (excludes halogenated alkanes) is 1. The second-order valence-electron chi connectivity index (χ2n) is 27.7. The standard InChI is InChI=1S/C66H119N11O13/c1-26-29-30-43(14)55(79)54-59(83)69-46(28-3)61(85)71(19)37-51(78)72(20)50(36-66(17,18)90-33-27-2)58(82)70-52(41(10)11)64(88)73(21)47(32-31-38(4)5)57(81)67-44(15)56(80)68-45(16)60(84)74(22)48(34-39(6)7)62(86)75(23)49(35-40(8)9)63(87)76(24)53(42(12)13)65(89)77(54)25/h27,38-50,52-55,79H,2,26,28-37H2,1,3-25H3,(H,67,81)(H,68,80)(H,69,83)(H,70,82)/t43-,44-,45+,46-,47-,48+,49-,50+,52-,53-,54?,55-/m1/s1. The van der Waals surface area contributed by atoms with Crippen molar-refractivity contribution in [1.29, 1.82) is 0 Å². The van der Waals surface area contributed by atoms with Gasteiger partial charge < -0.3 is 65.4 Å². The quantitative estimate of drug-likeness (QED) is 0.107. The minimum atomic E-state index is -1.60. The normalized spacial score (nSPS) is 26.1. The molecule has 0 aromatic rings. The van der Waals surface area contributed by atoms with Crippen LogP contribution in [0.1, 0.15) is 175 Å². The van der Waals surface area contributed by atoms with Gasteiger partial charge in [-0.15, -0.1) is 6.58 Å². The van der Waals surface area contributed by atoms with Crippen molar-refractivity contribution >= 4 is 65.0 Å². The van der Waals surface area contributed by atoms with Gasteiger partial charge in [-0.2, -0.15) is 0 Å². The first-order valence-electron chi connectivity index (χ1n) is 32.5. The van der Waals surface area contributed by atoms with E-state index in [1.54, 1.807) is 55.4 Å². The average molecular weight is 1270 g/mol. The third-order valence-electron chi connectivity index (χ3n) is 17.3. The van der Waals surface area contributed by atoms with E-state index in [4.69, 9.17) is 4.74 Å². The Morgan fingerprint density at radius 2 is 1.03 bits per heavy atom. The van der Waals surface area contributed by atoms with Crippen LogP contribution in [0.4, 0.5) is 0 Å². The Labute approximate surface area is 539 Å². The number of nitrogens with zero attached hydrogens (tertiary/aromatic N) is 7. The van der Waals surface area contributed by atoms with Gasteiger partial charge in [-0.3, -0.25) is 52.7 Å². The molecule has 0 aliphatic carbocycles. The van der Waals surface area contributed by atoms with E-state index < -0.39 is 161 Å². The van der Waals surface area contributed by atoms with Gasteiger partial charge in [0.15, 0.2) is 0 Å². The highest BCUT2D eigenvalue weighted by Gasteiger charge is 2.46. The lowest BCUT2D eigenvalue weighted by Gasteiger charge is -2.41. The topological polar surface area (TPSA) is 288 Å². The zero-order valence-corrected chi connectivity index (χ0v) is 59.4. The number of nitrogens with one attached hydrogen (secondary N) is 4. The van der Waals surface area contributed by atoms with Crippen LogP contribution in [-0.2, 0) is 57.5 Å². The lowest BCUT2D eigenvalue weighted by atomic mass is 9.90. The van der Waals surface area contributed by atoms with Crippen molar-refractivity contribution in [2.24, 2.45) is 35.5 Å². The molecule has 1 rings (SSSR count). The van der Waals surface area contributed by atoms with Gasteiger partial charge in [0.25, 0.3) is 0 Å². The van der Waals surface area contributed by atoms with Gasteiger partial charge in [0.1, 0.15) is 60.4 Å². The predicted octanol–water partition coefficient (Wildman–Crippen LogP) is 4.21. The molecule has 1 aliphatic rings. The lowest BCUT2D eigenvalue weighted by Crippen LogP contribution is -2.63. The summed E-state index contributed by atoms with van der Waals surface area (Å²) in [5.41, 5.74) is -1.07. The number of hydrogen-bond donors (Lipinski definition) is 5. The van der Waals surface area contributed by atoms with Crippen molar-refractivity contribution < 1.29 is 62.6 Å². The number of hydrogen-bond acceptors (Lipinski definition) is 13.